The Morgan fingerprint density at radius 1 is 1.07 bits per heavy atom. The normalized spacial score (nSPS) is 17.6. The van der Waals surface area contributed by atoms with E-state index in [1.54, 1.807) is 0 Å². The quantitative estimate of drug-likeness (QED) is 0.500. The van der Waals surface area contributed by atoms with E-state index < -0.39 is 0 Å². The highest BCUT2D eigenvalue weighted by Gasteiger charge is 2.24. The third-order valence-corrected chi connectivity index (χ3v) is 2.62. The van der Waals surface area contributed by atoms with Crippen LogP contribution in [0.5, 0.6) is 0 Å². The Balaban J connectivity index is 2.26. The summed E-state index contributed by atoms with van der Waals surface area (Å²) in [5.41, 5.74) is 0. The van der Waals surface area contributed by atoms with Crippen LogP contribution in [-0.4, -0.2) is 23.3 Å². The lowest BCUT2D eigenvalue weighted by molar-refractivity contribution is -0.147. The van der Waals surface area contributed by atoms with Crippen molar-refractivity contribution in [3.63, 3.8) is 0 Å². The summed E-state index contributed by atoms with van der Waals surface area (Å²) in [5.74, 6) is 0.0514. The van der Waals surface area contributed by atoms with Gasteiger partial charge < -0.3 is 0 Å². The molecule has 0 aromatic rings. The molecule has 0 atom stereocenters. The molecule has 0 spiro atoms. The summed E-state index contributed by atoms with van der Waals surface area (Å²) < 4.78 is 0. The predicted octanol–water partition coefficient (Wildman–Crippen LogP) is 2.11. The van der Waals surface area contributed by atoms with Crippen LogP contribution in [0.15, 0.2) is 0 Å². The standard InChI is InChI=1S/C11H19NO2/c1-2-3-4-5-9-12-10(13)7-6-8-11(12)14/h2-9H2,1H3. The van der Waals surface area contributed by atoms with Crippen molar-refractivity contribution in [3.05, 3.63) is 0 Å². The van der Waals surface area contributed by atoms with Gasteiger partial charge in [-0.2, -0.15) is 0 Å². The summed E-state index contributed by atoms with van der Waals surface area (Å²) in [6, 6.07) is 0. The summed E-state index contributed by atoms with van der Waals surface area (Å²) >= 11 is 0. The number of piperidine rings is 1. The smallest absolute Gasteiger partial charge is 0.229 e. The number of carbonyl (C=O) groups is 2. The van der Waals surface area contributed by atoms with E-state index in [0.29, 0.717) is 19.4 Å². The summed E-state index contributed by atoms with van der Waals surface area (Å²) in [7, 11) is 0. The molecule has 0 aliphatic carbocycles. The Kier molecular flexibility index (Phi) is 4.63. The highest BCUT2D eigenvalue weighted by Crippen LogP contribution is 2.13. The Labute approximate surface area is 85.5 Å². The number of carbonyl (C=O) groups excluding carboxylic acids is 2. The molecule has 0 unspecified atom stereocenters. The Bertz CT molecular complexity index is 197. The molecule has 3 nitrogen and oxygen atoms in total. The number of nitrogens with zero attached hydrogens (tertiary/aromatic N) is 1. The molecule has 80 valence electrons. The van der Waals surface area contributed by atoms with Crippen LogP contribution in [0.1, 0.15) is 51.9 Å². The molecule has 0 saturated carbocycles. The minimum absolute atomic E-state index is 0.0257. The summed E-state index contributed by atoms with van der Waals surface area (Å²) in [6.07, 6.45) is 6.30. The molecule has 14 heavy (non-hydrogen) atoms. The van der Waals surface area contributed by atoms with Gasteiger partial charge in [-0.15, -0.1) is 0 Å². The van der Waals surface area contributed by atoms with Gasteiger partial charge in [0.1, 0.15) is 0 Å². The zero-order chi connectivity index (χ0) is 10.4. The molecule has 0 aromatic carbocycles. The topological polar surface area (TPSA) is 37.4 Å². The third-order valence-electron chi connectivity index (χ3n) is 2.62. The maximum Gasteiger partial charge on any atom is 0.229 e. The zero-order valence-electron chi connectivity index (χ0n) is 8.92. The second-order valence-corrected chi connectivity index (χ2v) is 3.85. The van der Waals surface area contributed by atoms with Gasteiger partial charge in [0, 0.05) is 19.4 Å². The Hall–Kier alpha value is -0.860. The fraction of sp³-hybridized carbons (Fsp3) is 0.818. The molecule has 0 radical (unpaired) electrons. The molecule has 0 bridgehead atoms. The van der Waals surface area contributed by atoms with Gasteiger partial charge in [-0.05, 0) is 12.8 Å². The van der Waals surface area contributed by atoms with Gasteiger partial charge in [0.25, 0.3) is 0 Å². The first-order chi connectivity index (χ1) is 6.75. The lowest BCUT2D eigenvalue weighted by Crippen LogP contribution is -2.40. The van der Waals surface area contributed by atoms with Crippen LogP contribution < -0.4 is 0 Å². The number of rotatable bonds is 5. The second-order valence-electron chi connectivity index (χ2n) is 3.85. The fourth-order valence-electron chi connectivity index (χ4n) is 1.75. The van der Waals surface area contributed by atoms with Gasteiger partial charge in [-0.25, -0.2) is 0 Å². The third kappa shape index (κ3) is 3.13. The summed E-state index contributed by atoms with van der Waals surface area (Å²) in [4.78, 5) is 24.2. The molecule has 1 aliphatic heterocycles. The van der Waals surface area contributed by atoms with E-state index in [1.807, 2.05) is 0 Å². The van der Waals surface area contributed by atoms with Crippen LogP contribution >= 0.6 is 0 Å². The number of likely N-dealkylation sites (tertiary alicyclic amines) is 1. The van der Waals surface area contributed by atoms with E-state index in [2.05, 4.69) is 6.92 Å². The van der Waals surface area contributed by atoms with Crippen molar-refractivity contribution in [2.75, 3.05) is 6.54 Å². The highest BCUT2D eigenvalue weighted by molar-refractivity contribution is 5.97. The predicted molar refractivity (Wildman–Crippen MR) is 54.7 cm³/mol. The lowest BCUT2D eigenvalue weighted by atomic mass is 10.1. The molecular formula is C11H19NO2. The number of amides is 2. The van der Waals surface area contributed by atoms with Crippen LogP contribution in [0, 0.1) is 0 Å². The summed E-state index contributed by atoms with van der Waals surface area (Å²) in [5, 5.41) is 0. The van der Waals surface area contributed by atoms with Gasteiger partial charge in [0.2, 0.25) is 11.8 Å². The van der Waals surface area contributed by atoms with Crippen LogP contribution in [0.25, 0.3) is 0 Å². The largest absolute Gasteiger partial charge is 0.283 e. The van der Waals surface area contributed by atoms with Gasteiger partial charge in [0.15, 0.2) is 0 Å². The van der Waals surface area contributed by atoms with Gasteiger partial charge >= 0.3 is 0 Å². The molecule has 0 aromatic heterocycles. The number of hydrogen-bond acceptors (Lipinski definition) is 2. The van der Waals surface area contributed by atoms with Crippen LogP contribution in [0.4, 0.5) is 0 Å². The molecule has 1 saturated heterocycles. The molecule has 0 N–H and O–H groups in total. The molecule has 1 fully saturated rings. The maximum atomic E-state index is 11.4. The monoisotopic (exact) mass is 197 g/mol. The van der Waals surface area contributed by atoms with Crippen LogP contribution in [0.3, 0.4) is 0 Å². The average Bonchev–Trinajstić information content (AvgIpc) is 2.16. The zero-order valence-corrected chi connectivity index (χ0v) is 8.92. The van der Waals surface area contributed by atoms with Crippen molar-refractivity contribution < 1.29 is 9.59 Å². The van der Waals surface area contributed by atoms with E-state index in [1.165, 1.54) is 17.7 Å². The first-order valence-electron chi connectivity index (χ1n) is 5.59. The molecule has 1 rings (SSSR count). The first-order valence-corrected chi connectivity index (χ1v) is 5.59. The molecule has 1 heterocycles. The van der Waals surface area contributed by atoms with E-state index >= 15 is 0 Å². The Morgan fingerprint density at radius 3 is 2.29 bits per heavy atom. The minimum atomic E-state index is 0.0257. The van der Waals surface area contributed by atoms with E-state index in [0.717, 1.165) is 19.3 Å². The molecular weight excluding hydrogens is 178 g/mol. The van der Waals surface area contributed by atoms with Crippen LogP contribution in [0.2, 0.25) is 0 Å². The van der Waals surface area contributed by atoms with Crippen molar-refractivity contribution in [2.24, 2.45) is 0 Å². The van der Waals surface area contributed by atoms with Crippen molar-refractivity contribution >= 4 is 11.8 Å². The van der Waals surface area contributed by atoms with Crippen molar-refractivity contribution in [3.8, 4) is 0 Å². The van der Waals surface area contributed by atoms with Crippen LogP contribution in [-0.2, 0) is 9.59 Å². The van der Waals surface area contributed by atoms with Gasteiger partial charge in [-0.3, -0.25) is 14.5 Å². The Morgan fingerprint density at radius 2 is 1.71 bits per heavy atom. The first kappa shape index (κ1) is 11.2. The molecule has 1 aliphatic rings. The van der Waals surface area contributed by atoms with E-state index in [9.17, 15) is 9.59 Å². The van der Waals surface area contributed by atoms with Crippen molar-refractivity contribution in [2.45, 2.75) is 51.9 Å². The number of hydrogen-bond donors (Lipinski definition) is 0. The highest BCUT2D eigenvalue weighted by atomic mass is 16.2. The lowest BCUT2D eigenvalue weighted by Gasteiger charge is -2.24. The molecule has 3 heteroatoms. The van der Waals surface area contributed by atoms with Crippen molar-refractivity contribution in [1.82, 2.24) is 4.90 Å². The minimum Gasteiger partial charge on any atom is -0.283 e. The van der Waals surface area contributed by atoms with Gasteiger partial charge in [0.05, 0.1) is 0 Å². The van der Waals surface area contributed by atoms with E-state index in [-0.39, 0.29) is 11.8 Å². The SMILES string of the molecule is CCCCCCN1C(=O)CCCC1=O. The summed E-state index contributed by atoms with van der Waals surface area (Å²) in [6.45, 7) is 2.79. The second kappa shape index (κ2) is 5.78. The van der Waals surface area contributed by atoms with Crippen molar-refractivity contribution in [1.29, 1.82) is 0 Å². The number of imide groups is 1. The number of unbranched alkanes of at least 4 members (excludes halogenated alkanes) is 3. The average molecular weight is 197 g/mol. The molecule has 2 amide bonds. The van der Waals surface area contributed by atoms with E-state index in [4.69, 9.17) is 0 Å². The fourth-order valence-corrected chi connectivity index (χ4v) is 1.75. The van der Waals surface area contributed by atoms with Gasteiger partial charge in [-0.1, -0.05) is 26.2 Å². The maximum absolute atomic E-state index is 11.4.